The van der Waals surface area contributed by atoms with Crippen LogP contribution in [-0.2, 0) is 6.54 Å². The van der Waals surface area contributed by atoms with Gasteiger partial charge in [-0.25, -0.2) is 0 Å². The SMILES string of the molecule is COc1ccc(OC(F)F)c(CNc2ccc3nnc(-c4ccsc4)n3n2)c1. The van der Waals surface area contributed by atoms with Crippen molar-refractivity contribution >= 4 is 22.8 Å². The minimum atomic E-state index is -2.91. The number of aromatic nitrogens is 4. The minimum Gasteiger partial charge on any atom is -0.497 e. The number of ether oxygens (including phenoxy) is 2. The fourth-order valence-corrected chi connectivity index (χ4v) is 3.31. The number of thiophene rings is 1. The summed E-state index contributed by atoms with van der Waals surface area (Å²) in [6, 6.07) is 10.1. The number of nitrogens with one attached hydrogen (secondary N) is 1. The number of anilines is 1. The topological polar surface area (TPSA) is 73.6 Å². The summed E-state index contributed by atoms with van der Waals surface area (Å²) < 4.78 is 36.7. The zero-order valence-corrected chi connectivity index (χ0v) is 15.5. The minimum absolute atomic E-state index is 0.0765. The van der Waals surface area contributed by atoms with Gasteiger partial charge in [0, 0.05) is 23.1 Å². The Labute approximate surface area is 162 Å². The summed E-state index contributed by atoms with van der Waals surface area (Å²) >= 11 is 1.56. The summed E-state index contributed by atoms with van der Waals surface area (Å²) in [4.78, 5) is 0. The molecule has 0 saturated carbocycles. The van der Waals surface area contributed by atoms with E-state index in [9.17, 15) is 8.78 Å². The molecule has 10 heteroatoms. The average Bonchev–Trinajstić information content (AvgIpc) is 3.35. The molecule has 0 aliphatic heterocycles. The highest BCUT2D eigenvalue weighted by Gasteiger charge is 2.13. The van der Waals surface area contributed by atoms with E-state index >= 15 is 0 Å². The zero-order valence-electron chi connectivity index (χ0n) is 14.7. The first-order valence-electron chi connectivity index (χ1n) is 8.24. The predicted molar refractivity (Wildman–Crippen MR) is 101 cm³/mol. The average molecular weight is 403 g/mol. The fraction of sp³-hybridized carbons (Fsp3) is 0.167. The van der Waals surface area contributed by atoms with Crippen LogP contribution in [-0.4, -0.2) is 33.5 Å². The molecule has 0 saturated heterocycles. The zero-order chi connectivity index (χ0) is 19.5. The molecule has 0 fully saturated rings. The first kappa shape index (κ1) is 18.1. The van der Waals surface area contributed by atoms with E-state index in [-0.39, 0.29) is 12.3 Å². The maximum atomic E-state index is 12.7. The molecule has 7 nitrogen and oxygen atoms in total. The van der Waals surface area contributed by atoms with Crippen molar-refractivity contribution in [3.05, 3.63) is 52.7 Å². The summed E-state index contributed by atoms with van der Waals surface area (Å²) in [5.41, 5.74) is 2.04. The van der Waals surface area contributed by atoms with Crippen molar-refractivity contribution in [1.82, 2.24) is 19.8 Å². The van der Waals surface area contributed by atoms with Crippen LogP contribution in [0.1, 0.15) is 5.56 Å². The molecule has 0 unspecified atom stereocenters. The van der Waals surface area contributed by atoms with Crippen LogP contribution in [0.3, 0.4) is 0 Å². The van der Waals surface area contributed by atoms with Crippen molar-refractivity contribution in [2.75, 3.05) is 12.4 Å². The summed E-state index contributed by atoms with van der Waals surface area (Å²) in [6.45, 7) is -2.69. The number of methoxy groups -OCH3 is 1. The van der Waals surface area contributed by atoms with Gasteiger partial charge >= 0.3 is 6.61 Å². The molecular formula is C18H15F2N5O2S. The number of halogens is 2. The van der Waals surface area contributed by atoms with Crippen molar-refractivity contribution in [2.45, 2.75) is 13.2 Å². The number of hydrogen-bond acceptors (Lipinski definition) is 7. The molecule has 0 spiro atoms. The Morgan fingerprint density at radius 3 is 2.82 bits per heavy atom. The fourth-order valence-electron chi connectivity index (χ4n) is 2.67. The van der Waals surface area contributed by atoms with Gasteiger partial charge in [-0.1, -0.05) is 0 Å². The molecule has 0 aliphatic carbocycles. The lowest BCUT2D eigenvalue weighted by Gasteiger charge is -2.13. The van der Waals surface area contributed by atoms with Crippen LogP contribution in [0.15, 0.2) is 47.2 Å². The van der Waals surface area contributed by atoms with Crippen molar-refractivity contribution in [3.63, 3.8) is 0 Å². The molecule has 3 heterocycles. The van der Waals surface area contributed by atoms with Gasteiger partial charge in [0.05, 0.1) is 7.11 Å². The predicted octanol–water partition coefficient (Wildman–Crippen LogP) is 4.07. The van der Waals surface area contributed by atoms with E-state index in [0.717, 1.165) is 5.56 Å². The lowest BCUT2D eigenvalue weighted by molar-refractivity contribution is -0.0504. The van der Waals surface area contributed by atoms with Crippen molar-refractivity contribution in [1.29, 1.82) is 0 Å². The maximum Gasteiger partial charge on any atom is 0.387 e. The van der Waals surface area contributed by atoms with E-state index in [1.807, 2.05) is 16.8 Å². The van der Waals surface area contributed by atoms with Crippen molar-refractivity contribution < 1.29 is 18.3 Å². The molecule has 0 radical (unpaired) electrons. The molecule has 4 aromatic rings. The molecule has 1 aromatic carbocycles. The monoisotopic (exact) mass is 403 g/mol. The van der Waals surface area contributed by atoms with Crippen molar-refractivity contribution in [2.24, 2.45) is 0 Å². The van der Waals surface area contributed by atoms with Gasteiger partial charge in [0.2, 0.25) is 0 Å². The van der Waals surface area contributed by atoms with E-state index in [1.165, 1.54) is 13.2 Å². The molecular weight excluding hydrogens is 388 g/mol. The third-order valence-corrected chi connectivity index (χ3v) is 4.67. The highest BCUT2D eigenvalue weighted by atomic mass is 32.1. The summed E-state index contributed by atoms with van der Waals surface area (Å²) in [5, 5.41) is 19.8. The first-order chi connectivity index (χ1) is 13.6. The molecule has 0 bridgehead atoms. The molecule has 0 amide bonds. The Bertz CT molecular complexity index is 1080. The Kier molecular flexibility index (Phi) is 5.02. The third kappa shape index (κ3) is 3.72. The third-order valence-electron chi connectivity index (χ3n) is 3.99. The summed E-state index contributed by atoms with van der Waals surface area (Å²) in [6.07, 6.45) is 0. The second-order valence-electron chi connectivity index (χ2n) is 5.73. The molecule has 0 atom stereocenters. The Hall–Kier alpha value is -3.27. The largest absolute Gasteiger partial charge is 0.497 e. The molecule has 3 aromatic heterocycles. The summed E-state index contributed by atoms with van der Waals surface area (Å²) in [7, 11) is 1.51. The quantitative estimate of drug-likeness (QED) is 0.501. The van der Waals surface area contributed by atoms with Crippen LogP contribution in [0, 0.1) is 0 Å². The Morgan fingerprint density at radius 2 is 2.07 bits per heavy atom. The molecule has 1 N–H and O–H groups in total. The van der Waals surface area contributed by atoms with Gasteiger partial charge in [0.25, 0.3) is 0 Å². The van der Waals surface area contributed by atoms with Crippen molar-refractivity contribution in [3.8, 4) is 22.9 Å². The van der Waals surface area contributed by atoms with Crippen LogP contribution >= 0.6 is 11.3 Å². The standard InChI is InChI=1S/C18H15F2N5O2S/c1-26-13-2-3-14(27-18(19)20)12(8-13)9-21-15-4-5-16-22-23-17(25(16)24-15)11-6-7-28-10-11/h2-8,10,18H,9H2,1H3,(H,21,24). The van der Waals surface area contributed by atoms with Gasteiger partial charge in [-0.05, 0) is 41.8 Å². The highest BCUT2D eigenvalue weighted by molar-refractivity contribution is 7.08. The van der Waals surface area contributed by atoms with Gasteiger partial charge in [-0.3, -0.25) is 0 Å². The van der Waals surface area contributed by atoms with E-state index < -0.39 is 6.61 Å². The van der Waals surface area contributed by atoms with Gasteiger partial charge in [0.15, 0.2) is 11.5 Å². The smallest absolute Gasteiger partial charge is 0.387 e. The number of rotatable bonds is 7. The number of hydrogen-bond donors (Lipinski definition) is 1. The highest BCUT2D eigenvalue weighted by Crippen LogP contribution is 2.27. The number of benzene rings is 1. The van der Waals surface area contributed by atoms with Crippen LogP contribution in [0.2, 0.25) is 0 Å². The van der Waals surface area contributed by atoms with Crippen LogP contribution in [0.25, 0.3) is 17.0 Å². The molecule has 0 aliphatic rings. The number of fused-ring (bicyclic) bond motifs is 1. The van der Waals surface area contributed by atoms with E-state index in [2.05, 4.69) is 25.3 Å². The Morgan fingerprint density at radius 1 is 1.18 bits per heavy atom. The molecule has 4 rings (SSSR count). The number of alkyl halides is 2. The second kappa shape index (κ2) is 7.77. The van der Waals surface area contributed by atoms with Gasteiger partial charge in [-0.2, -0.15) is 24.6 Å². The number of nitrogens with zero attached hydrogens (tertiary/aromatic N) is 4. The van der Waals surface area contributed by atoms with Gasteiger partial charge in [-0.15, -0.1) is 15.3 Å². The van der Waals surface area contributed by atoms with Crippen LogP contribution in [0.5, 0.6) is 11.5 Å². The molecule has 144 valence electrons. The first-order valence-corrected chi connectivity index (χ1v) is 9.19. The second-order valence-corrected chi connectivity index (χ2v) is 6.51. The van der Waals surface area contributed by atoms with Crippen LogP contribution in [0.4, 0.5) is 14.6 Å². The lowest BCUT2D eigenvalue weighted by atomic mass is 10.2. The lowest BCUT2D eigenvalue weighted by Crippen LogP contribution is -2.09. The van der Waals surface area contributed by atoms with E-state index in [1.54, 1.807) is 40.1 Å². The maximum absolute atomic E-state index is 12.7. The van der Waals surface area contributed by atoms with Crippen LogP contribution < -0.4 is 14.8 Å². The van der Waals surface area contributed by atoms with Gasteiger partial charge < -0.3 is 14.8 Å². The summed E-state index contributed by atoms with van der Waals surface area (Å²) in [5.74, 6) is 1.78. The molecule has 28 heavy (non-hydrogen) atoms. The van der Waals surface area contributed by atoms with E-state index in [0.29, 0.717) is 28.6 Å². The Balaban J connectivity index is 1.60. The van der Waals surface area contributed by atoms with Gasteiger partial charge in [0.1, 0.15) is 17.3 Å². The van der Waals surface area contributed by atoms with E-state index in [4.69, 9.17) is 4.74 Å². The normalized spacial score (nSPS) is 11.1.